The topological polar surface area (TPSA) is 63.1 Å². The van der Waals surface area contributed by atoms with Crippen molar-refractivity contribution < 1.29 is 8.42 Å². The zero-order valence-electron chi connectivity index (χ0n) is 10.0. The Bertz CT molecular complexity index is 461. The largest absolute Gasteiger partial charge is 0.356 e. The van der Waals surface area contributed by atoms with E-state index in [0.717, 1.165) is 19.4 Å². The van der Waals surface area contributed by atoms with Gasteiger partial charge in [-0.25, -0.2) is 13.1 Å². The van der Waals surface area contributed by atoms with Crippen LogP contribution in [0.1, 0.15) is 19.3 Å². The Kier molecular flexibility index (Phi) is 3.86. The molecule has 0 amide bonds. The third-order valence-corrected chi connectivity index (χ3v) is 4.51. The first-order valence-corrected chi connectivity index (χ1v) is 7.41. The highest BCUT2D eigenvalue weighted by molar-refractivity contribution is 7.89. The number of nitrogens with zero attached hydrogens (tertiary/aromatic N) is 1. The summed E-state index contributed by atoms with van der Waals surface area (Å²) < 4.78 is 28.1. The van der Waals surface area contributed by atoms with Crippen LogP contribution in [-0.4, -0.2) is 32.1 Å². The number of nitrogens with one attached hydrogen (secondary N) is 2. The number of hydrogen-bond acceptors (Lipinski definition) is 3. The normalized spacial score (nSPS) is 20.9. The zero-order valence-corrected chi connectivity index (χ0v) is 10.8. The summed E-state index contributed by atoms with van der Waals surface area (Å²) in [5.74, 6) is 0. The van der Waals surface area contributed by atoms with E-state index in [1.54, 1.807) is 23.0 Å². The van der Waals surface area contributed by atoms with Gasteiger partial charge in [-0.05, 0) is 31.9 Å². The lowest BCUT2D eigenvalue weighted by Gasteiger charge is -2.10. The van der Waals surface area contributed by atoms with Crippen molar-refractivity contribution in [2.75, 3.05) is 13.1 Å². The van der Waals surface area contributed by atoms with E-state index in [1.165, 1.54) is 6.42 Å². The van der Waals surface area contributed by atoms with Gasteiger partial charge in [0.25, 0.3) is 0 Å². The molecule has 0 spiro atoms. The average Bonchev–Trinajstić information content (AvgIpc) is 2.89. The molecule has 5 nitrogen and oxygen atoms in total. The Morgan fingerprint density at radius 1 is 1.59 bits per heavy atom. The molecule has 1 aromatic rings. The van der Waals surface area contributed by atoms with Gasteiger partial charge in [-0.1, -0.05) is 0 Å². The van der Waals surface area contributed by atoms with E-state index < -0.39 is 10.0 Å². The number of aromatic nitrogens is 1. The molecule has 1 fully saturated rings. The molecule has 1 aliphatic rings. The third kappa shape index (κ3) is 3.31. The summed E-state index contributed by atoms with van der Waals surface area (Å²) in [7, 11) is -1.52. The van der Waals surface area contributed by atoms with Gasteiger partial charge in [-0.3, -0.25) is 0 Å². The quantitative estimate of drug-likeness (QED) is 0.805. The van der Waals surface area contributed by atoms with Crippen LogP contribution in [0.3, 0.4) is 0 Å². The maximum atomic E-state index is 11.9. The second-order valence-corrected chi connectivity index (χ2v) is 6.26. The van der Waals surface area contributed by atoms with Crippen molar-refractivity contribution in [3.05, 3.63) is 18.5 Å². The lowest BCUT2D eigenvalue weighted by atomic mass is 10.2. The van der Waals surface area contributed by atoms with Crippen LogP contribution in [0.2, 0.25) is 0 Å². The van der Waals surface area contributed by atoms with Gasteiger partial charge < -0.3 is 9.88 Å². The molecule has 0 saturated carbocycles. The lowest BCUT2D eigenvalue weighted by molar-refractivity contribution is 0.539. The Hall–Kier alpha value is -0.850. The summed E-state index contributed by atoms with van der Waals surface area (Å²) in [5, 5.41) is 3.35. The molecule has 17 heavy (non-hydrogen) atoms. The molecule has 0 aliphatic carbocycles. The number of sulfonamides is 1. The molecule has 1 atom stereocenters. The van der Waals surface area contributed by atoms with Crippen molar-refractivity contribution in [1.29, 1.82) is 0 Å². The summed E-state index contributed by atoms with van der Waals surface area (Å²) in [5.41, 5.74) is 0. The van der Waals surface area contributed by atoms with Crippen molar-refractivity contribution in [3.63, 3.8) is 0 Å². The van der Waals surface area contributed by atoms with Gasteiger partial charge in [-0.2, -0.15) is 0 Å². The fourth-order valence-corrected chi connectivity index (χ4v) is 3.19. The standard InChI is InChI=1S/C11H19N3O2S/c1-14-8-5-11(9-14)17(15,16)13-7-4-10-3-2-6-12-10/h5,8-10,12-13H,2-4,6-7H2,1H3. The maximum Gasteiger partial charge on any atom is 0.242 e. The van der Waals surface area contributed by atoms with Crippen molar-refractivity contribution in [2.45, 2.75) is 30.2 Å². The molecular weight excluding hydrogens is 238 g/mol. The lowest BCUT2D eigenvalue weighted by Crippen LogP contribution is -2.30. The van der Waals surface area contributed by atoms with Crippen LogP contribution in [-0.2, 0) is 17.1 Å². The van der Waals surface area contributed by atoms with E-state index >= 15 is 0 Å². The third-order valence-electron chi connectivity index (χ3n) is 3.06. The fourth-order valence-electron chi connectivity index (χ4n) is 2.09. The Morgan fingerprint density at radius 3 is 3.00 bits per heavy atom. The second kappa shape index (κ2) is 5.20. The van der Waals surface area contributed by atoms with Gasteiger partial charge >= 0.3 is 0 Å². The molecule has 0 aromatic carbocycles. The molecule has 1 aliphatic heterocycles. The molecule has 6 heteroatoms. The fraction of sp³-hybridized carbons (Fsp3) is 0.636. The minimum atomic E-state index is -3.33. The van der Waals surface area contributed by atoms with Crippen LogP contribution >= 0.6 is 0 Å². The minimum Gasteiger partial charge on any atom is -0.356 e. The van der Waals surface area contributed by atoms with Gasteiger partial charge in [0.05, 0.1) is 4.90 Å². The predicted octanol–water partition coefficient (Wildman–Crippen LogP) is 0.445. The minimum absolute atomic E-state index is 0.333. The predicted molar refractivity (Wildman–Crippen MR) is 66.2 cm³/mol. The van der Waals surface area contributed by atoms with Crippen LogP contribution in [0, 0.1) is 0 Å². The molecule has 96 valence electrons. The Morgan fingerprint density at radius 2 is 2.41 bits per heavy atom. The molecular formula is C11H19N3O2S. The van der Waals surface area contributed by atoms with E-state index in [1.807, 2.05) is 7.05 Å². The summed E-state index contributed by atoms with van der Waals surface area (Å²) in [6, 6.07) is 2.07. The Labute approximate surface area is 102 Å². The summed E-state index contributed by atoms with van der Waals surface area (Å²) in [6.07, 6.45) is 6.53. The first kappa shape index (κ1) is 12.6. The number of hydrogen-bond donors (Lipinski definition) is 2. The van der Waals surface area contributed by atoms with Crippen molar-refractivity contribution >= 4 is 10.0 Å². The van der Waals surface area contributed by atoms with Crippen LogP contribution in [0.5, 0.6) is 0 Å². The monoisotopic (exact) mass is 257 g/mol. The molecule has 0 bridgehead atoms. The molecule has 2 heterocycles. The first-order chi connectivity index (χ1) is 8.08. The van der Waals surface area contributed by atoms with E-state index in [9.17, 15) is 8.42 Å². The first-order valence-electron chi connectivity index (χ1n) is 5.93. The second-order valence-electron chi connectivity index (χ2n) is 4.49. The highest BCUT2D eigenvalue weighted by atomic mass is 32.2. The highest BCUT2D eigenvalue weighted by Crippen LogP contribution is 2.10. The number of aryl methyl sites for hydroxylation is 1. The van der Waals surface area contributed by atoms with Gasteiger partial charge in [0, 0.05) is 32.0 Å². The van der Waals surface area contributed by atoms with Crippen molar-refractivity contribution in [3.8, 4) is 0 Å². The number of rotatable bonds is 5. The van der Waals surface area contributed by atoms with E-state index in [0.29, 0.717) is 17.5 Å². The van der Waals surface area contributed by atoms with Crippen LogP contribution < -0.4 is 10.0 Å². The molecule has 1 saturated heterocycles. The van der Waals surface area contributed by atoms with E-state index in [4.69, 9.17) is 0 Å². The van der Waals surface area contributed by atoms with Gasteiger partial charge in [0.15, 0.2) is 0 Å². The summed E-state index contributed by atoms with van der Waals surface area (Å²) in [4.78, 5) is 0.333. The van der Waals surface area contributed by atoms with E-state index in [2.05, 4.69) is 10.0 Å². The summed E-state index contributed by atoms with van der Waals surface area (Å²) in [6.45, 7) is 1.55. The molecule has 1 unspecified atom stereocenters. The molecule has 2 rings (SSSR count). The average molecular weight is 257 g/mol. The van der Waals surface area contributed by atoms with E-state index in [-0.39, 0.29) is 0 Å². The summed E-state index contributed by atoms with van der Waals surface area (Å²) >= 11 is 0. The van der Waals surface area contributed by atoms with Crippen molar-refractivity contribution in [2.24, 2.45) is 7.05 Å². The maximum absolute atomic E-state index is 11.9. The molecule has 1 aromatic heterocycles. The molecule has 0 radical (unpaired) electrons. The van der Waals surface area contributed by atoms with Gasteiger partial charge in [0.2, 0.25) is 10.0 Å². The zero-order chi connectivity index (χ0) is 12.3. The molecule has 2 N–H and O–H groups in total. The van der Waals surface area contributed by atoms with Crippen LogP contribution in [0.25, 0.3) is 0 Å². The van der Waals surface area contributed by atoms with Gasteiger partial charge in [0.1, 0.15) is 0 Å². The smallest absolute Gasteiger partial charge is 0.242 e. The van der Waals surface area contributed by atoms with Gasteiger partial charge in [-0.15, -0.1) is 0 Å². The van der Waals surface area contributed by atoms with Crippen LogP contribution in [0.15, 0.2) is 23.4 Å². The van der Waals surface area contributed by atoms with Crippen LogP contribution in [0.4, 0.5) is 0 Å². The Balaban J connectivity index is 1.85. The van der Waals surface area contributed by atoms with Crippen molar-refractivity contribution in [1.82, 2.24) is 14.6 Å². The highest BCUT2D eigenvalue weighted by Gasteiger charge is 2.17. The SMILES string of the molecule is Cn1ccc(S(=O)(=O)NCCC2CCCN2)c1.